The normalized spacial score (nSPS) is 11.5. The van der Waals surface area contributed by atoms with Crippen molar-refractivity contribution in [2.75, 3.05) is 11.6 Å². The van der Waals surface area contributed by atoms with Crippen LogP contribution in [0.15, 0.2) is 88.8 Å². The summed E-state index contributed by atoms with van der Waals surface area (Å²) in [6.45, 7) is -0.851. The Kier molecular flexibility index (Phi) is 6.91. The lowest BCUT2D eigenvalue weighted by atomic mass is 10.1. The summed E-state index contributed by atoms with van der Waals surface area (Å²) < 4.78 is 44.8. The molecule has 11 heteroatoms. The minimum Gasteiger partial charge on any atom is -0.451 e. The summed E-state index contributed by atoms with van der Waals surface area (Å²) in [5.74, 6) is -1.92. The summed E-state index contributed by atoms with van der Waals surface area (Å²) in [6.07, 6.45) is -3.35. The summed E-state index contributed by atoms with van der Waals surface area (Å²) in [5.41, 5.74) is -1.30. The van der Waals surface area contributed by atoms with Gasteiger partial charge >= 0.3 is 12.1 Å². The number of amides is 1. The molecule has 4 rings (SSSR count). The summed E-state index contributed by atoms with van der Waals surface area (Å²) in [7, 11) is 0. The fourth-order valence-electron chi connectivity index (χ4n) is 3.28. The molecular weight excluding hydrogens is 477 g/mol. The van der Waals surface area contributed by atoms with E-state index in [-0.39, 0.29) is 22.2 Å². The molecule has 182 valence electrons. The maximum absolute atomic E-state index is 13.2. The molecule has 0 saturated heterocycles. The standard InChI is InChI=1S/C25H17F3N4O4/c26-25(27,28)17-9-6-10-18(13-17)32(29-14-16-7-2-1-3-8-16)21(33)15-36-24(35)22-19-11-4-5-12-20(19)23(34)31-30-22/h1-14H,15H2,(H,31,34). The lowest BCUT2D eigenvalue weighted by Crippen LogP contribution is -2.31. The van der Waals surface area contributed by atoms with Crippen LogP contribution in [0.5, 0.6) is 0 Å². The largest absolute Gasteiger partial charge is 0.451 e. The van der Waals surface area contributed by atoms with Gasteiger partial charge in [-0.3, -0.25) is 9.59 Å². The molecule has 0 fully saturated rings. The number of esters is 1. The molecule has 1 heterocycles. The average Bonchev–Trinajstić information content (AvgIpc) is 2.88. The molecule has 0 radical (unpaired) electrons. The number of halogens is 3. The monoisotopic (exact) mass is 494 g/mol. The van der Waals surface area contributed by atoms with Crippen LogP contribution >= 0.6 is 0 Å². The Hall–Kier alpha value is -4.80. The Labute approximate surface area is 201 Å². The van der Waals surface area contributed by atoms with Crippen LogP contribution in [-0.2, 0) is 15.7 Å². The van der Waals surface area contributed by atoms with Crippen molar-refractivity contribution in [3.8, 4) is 0 Å². The van der Waals surface area contributed by atoms with E-state index in [1.165, 1.54) is 24.4 Å². The topological polar surface area (TPSA) is 105 Å². The number of carbonyl (C=O) groups is 2. The predicted octanol–water partition coefficient (Wildman–Crippen LogP) is 4.17. The molecule has 0 unspecified atom stereocenters. The molecule has 0 aliphatic carbocycles. The molecule has 3 aromatic carbocycles. The third kappa shape index (κ3) is 5.46. The highest BCUT2D eigenvalue weighted by Crippen LogP contribution is 2.31. The van der Waals surface area contributed by atoms with Crippen LogP contribution in [0.2, 0.25) is 0 Å². The van der Waals surface area contributed by atoms with Crippen LogP contribution in [0.1, 0.15) is 21.6 Å². The van der Waals surface area contributed by atoms with E-state index in [1.807, 2.05) is 0 Å². The Morgan fingerprint density at radius 3 is 2.39 bits per heavy atom. The average molecular weight is 494 g/mol. The second kappa shape index (κ2) is 10.2. The van der Waals surface area contributed by atoms with Crippen molar-refractivity contribution in [2.45, 2.75) is 6.18 Å². The number of hydrogen-bond acceptors (Lipinski definition) is 6. The van der Waals surface area contributed by atoms with Gasteiger partial charge in [0.05, 0.1) is 22.9 Å². The number of aromatic nitrogens is 2. The number of rotatable bonds is 6. The van der Waals surface area contributed by atoms with E-state index in [9.17, 15) is 27.6 Å². The molecule has 0 atom stereocenters. The molecule has 1 N–H and O–H groups in total. The summed E-state index contributed by atoms with van der Waals surface area (Å²) in [6, 6.07) is 18.8. The Balaban J connectivity index is 1.60. The van der Waals surface area contributed by atoms with Crippen molar-refractivity contribution in [2.24, 2.45) is 5.10 Å². The number of ether oxygens (including phenoxy) is 1. The SMILES string of the molecule is O=C(OCC(=O)N(N=Cc1ccccc1)c1cccc(C(F)(F)F)c1)c1n[nH]c(=O)c2ccccc12. The molecule has 0 aliphatic heterocycles. The smallest absolute Gasteiger partial charge is 0.416 e. The number of aromatic amines is 1. The van der Waals surface area contributed by atoms with Gasteiger partial charge in [-0.25, -0.2) is 9.89 Å². The molecule has 1 amide bonds. The summed E-state index contributed by atoms with van der Waals surface area (Å²) in [5, 5.41) is 11.1. The first-order valence-corrected chi connectivity index (χ1v) is 10.5. The van der Waals surface area contributed by atoms with Gasteiger partial charge < -0.3 is 4.74 Å². The number of anilines is 1. The molecule has 36 heavy (non-hydrogen) atoms. The summed E-state index contributed by atoms with van der Waals surface area (Å²) in [4.78, 5) is 37.5. The van der Waals surface area contributed by atoms with E-state index >= 15 is 0 Å². The second-order valence-corrected chi connectivity index (χ2v) is 7.43. The zero-order valence-corrected chi connectivity index (χ0v) is 18.4. The van der Waals surface area contributed by atoms with Gasteiger partial charge in [-0.15, -0.1) is 0 Å². The van der Waals surface area contributed by atoms with Crippen molar-refractivity contribution < 1.29 is 27.5 Å². The van der Waals surface area contributed by atoms with Gasteiger partial charge in [0.15, 0.2) is 12.3 Å². The molecule has 0 bridgehead atoms. The highest BCUT2D eigenvalue weighted by molar-refractivity contribution is 6.03. The van der Waals surface area contributed by atoms with Crippen LogP contribution < -0.4 is 10.6 Å². The number of hydrogen-bond donors (Lipinski definition) is 1. The number of fused-ring (bicyclic) bond motifs is 1. The van der Waals surface area contributed by atoms with Gasteiger partial charge in [0, 0.05) is 5.39 Å². The number of alkyl halides is 3. The van der Waals surface area contributed by atoms with Crippen LogP contribution in [0.3, 0.4) is 0 Å². The highest BCUT2D eigenvalue weighted by atomic mass is 19.4. The first-order chi connectivity index (χ1) is 17.2. The molecule has 0 spiro atoms. The van der Waals surface area contributed by atoms with Gasteiger partial charge in [-0.05, 0) is 29.8 Å². The van der Waals surface area contributed by atoms with Crippen molar-refractivity contribution in [1.29, 1.82) is 0 Å². The maximum atomic E-state index is 13.2. The van der Waals surface area contributed by atoms with E-state index in [4.69, 9.17) is 4.74 Å². The van der Waals surface area contributed by atoms with Crippen molar-refractivity contribution in [3.63, 3.8) is 0 Å². The third-order valence-corrected chi connectivity index (χ3v) is 4.99. The predicted molar refractivity (Wildman–Crippen MR) is 126 cm³/mol. The van der Waals surface area contributed by atoms with Crippen molar-refractivity contribution >= 4 is 34.6 Å². The molecule has 1 aromatic heterocycles. The lowest BCUT2D eigenvalue weighted by molar-refractivity contribution is -0.137. The molecule has 8 nitrogen and oxygen atoms in total. The lowest BCUT2D eigenvalue weighted by Gasteiger charge is -2.18. The number of carbonyl (C=O) groups excluding carboxylic acids is 2. The quantitative estimate of drug-likeness (QED) is 0.246. The minimum absolute atomic E-state index is 0.175. The van der Waals surface area contributed by atoms with E-state index < -0.39 is 35.8 Å². The van der Waals surface area contributed by atoms with E-state index in [1.54, 1.807) is 42.5 Å². The number of hydrazone groups is 1. The van der Waals surface area contributed by atoms with Gasteiger partial charge in [-0.1, -0.05) is 54.6 Å². The van der Waals surface area contributed by atoms with Gasteiger partial charge in [0.1, 0.15) is 0 Å². The van der Waals surface area contributed by atoms with Gasteiger partial charge in [-0.2, -0.15) is 28.4 Å². The van der Waals surface area contributed by atoms with Crippen molar-refractivity contribution in [1.82, 2.24) is 10.2 Å². The van der Waals surface area contributed by atoms with Gasteiger partial charge in [0.2, 0.25) is 0 Å². The molecule has 4 aromatic rings. The maximum Gasteiger partial charge on any atom is 0.416 e. The zero-order valence-electron chi connectivity index (χ0n) is 18.4. The first kappa shape index (κ1) is 24.3. The molecule has 0 saturated carbocycles. The second-order valence-electron chi connectivity index (χ2n) is 7.43. The Morgan fingerprint density at radius 1 is 0.972 bits per heavy atom. The van der Waals surface area contributed by atoms with E-state index in [2.05, 4.69) is 15.3 Å². The number of nitrogens with zero attached hydrogens (tertiary/aromatic N) is 3. The highest BCUT2D eigenvalue weighted by Gasteiger charge is 2.31. The van der Waals surface area contributed by atoms with Crippen LogP contribution in [0.25, 0.3) is 10.8 Å². The number of H-pyrrole nitrogens is 1. The van der Waals surface area contributed by atoms with Crippen LogP contribution in [0, 0.1) is 0 Å². The van der Waals surface area contributed by atoms with E-state index in [0.29, 0.717) is 10.6 Å². The zero-order chi connectivity index (χ0) is 25.7. The molecular formula is C25H17F3N4O4. The molecule has 0 aliphatic rings. The third-order valence-electron chi connectivity index (χ3n) is 4.99. The fourth-order valence-corrected chi connectivity index (χ4v) is 3.28. The van der Waals surface area contributed by atoms with Crippen LogP contribution in [-0.4, -0.2) is 34.9 Å². The van der Waals surface area contributed by atoms with Gasteiger partial charge in [0.25, 0.3) is 11.5 Å². The van der Waals surface area contributed by atoms with E-state index in [0.717, 1.165) is 18.2 Å². The number of nitrogens with one attached hydrogen (secondary N) is 1. The summed E-state index contributed by atoms with van der Waals surface area (Å²) >= 11 is 0. The number of benzene rings is 3. The Bertz CT molecular complexity index is 1500. The Morgan fingerprint density at radius 2 is 1.67 bits per heavy atom. The fraction of sp³-hybridized carbons (Fsp3) is 0.0800. The van der Waals surface area contributed by atoms with Crippen molar-refractivity contribution in [3.05, 3.63) is 106 Å². The van der Waals surface area contributed by atoms with Crippen LogP contribution in [0.4, 0.5) is 18.9 Å². The minimum atomic E-state index is -4.64. The first-order valence-electron chi connectivity index (χ1n) is 10.5.